The molecule has 114 valence electrons. The van der Waals surface area contributed by atoms with Crippen LogP contribution in [0.4, 0.5) is 4.39 Å². The molecule has 1 aromatic rings. The van der Waals surface area contributed by atoms with Gasteiger partial charge in [0, 0.05) is 23.1 Å². The number of carbonyl (C=O) groups is 1. The van der Waals surface area contributed by atoms with Gasteiger partial charge in [-0.05, 0) is 25.7 Å². The zero-order valence-corrected chi connectivity index (χ0v) is 12.3. The quantitative estimate of drug-likeness (QED) is 0.804. The summed E-state index contributed by atoms with van der Waals surface area (Å²) < 4.78 is 31.2. The molecule has 0 aromatic heterocycles. The van der Waals surface area contributed by atoms with Crippen molar-refractivity contribution in [1.29, 1.82) is 0 Å². The Kier molecular flexibility index (Phi) is 3.61. The number of carbonyl (C=O) groups excluding carboxylic acids is 1. The molecule has 0 N–H and O–H groups in total. The Morgan fingerprint density at radius 1 is 1.38 bits per heavy atom. The largest absolute Gasteiger partial charge is 0.496 e. The number of hydrogen-bond donors (Lipinski definition) is 0. The molecule has 2 atom stereocenters. The molecule has 1 aliphatic heterocycles. The summed E-state index contributed by atoms with van der Waals surface area (Å²) in [6.45, 7) is 0.311. The van der Waals surface area contributed by atoms with Crippen molar-refractivity contribution < 1.29 is 23.4 Å². The summed E-state index contributed by atoms with van der Waals surface area (Å²) in [7, 11) is 2.98. The first-order chi connectivity index (χ1) is 10.1. The van der Waals surface area contributed by atoms with E-state index in [1.165, 1.54) is 7.11 Å². The minimum absolute atomic E-state index is 0.0821. The van der Waals surface area contributed by atoms with E-state index in [-0.39, 0.29) is 11.7 Å². The topological polar surface area (TPSA) is 44.8 Å². The number of methoxy groups -OCH3 is 2. The van der Waals surface area contributed by atoms with Gasteiger partial charge in [0.2, 0.25) is 0 Å². The fourth-order valence-electron chi connectivity index (χ4n) is 3.63. The van der Waals surface area contributed by atoms with Crippen LogP contribution in [0.1, 0.15) is 36.8 Å². The maximum atomic E-state index is 14.8. The third-order valence-corrected chi connectivity index (χ3v) is 4.63. The van der Waals surface area contributed by atoms with Gasteiger partial charge in [0.05, 0.1) is 26.4 Å². The minimum Gasteiger partial charge on any atom is -0.496 e. The van der Waals surface area contributed by atoms with Gasteiger partial charge < -0.3 is 19.0 Å². The van der Waals surface area contributed by atoms with Crippen LogP contribution in [0.5, 0.6) is 11.5 Å². The van der Waals surface area contributed by atoms with E-state index >= 15 is 0 Å². The highest BCUT2D eigenvalue weighted by Crippen LogP contribution is 2.52. The van der Waals surface area contributed by atoms with Gasteiger partial charge in [-0.1, -0.05) is 0 Å². The highest BCUT2D eigenvalue weighted by molar-refractivity contribution is 5.56. The molecule has 2 aliphatic rings. The number of hydrogen-bond acceptors (Lipinski definition) is 4. The number of benzene rings is 1. The van der Waals surface area contributed by atoms with E-state index in [4.69, 9.17) is 14.2 Å². The van der Waals surface area contributed by atoms with Crippen LogP contribution < -0.4 is 9.47 Å². The number of ether oxygens (including phenoxy) is 3. The van der Waals surface area contributed by atoms with E-state index in [9.17, 15) is 9.18 Å². The van der Waals surface area contributed by atoms with Crippen LogP contribution in [-0.4, -0.2) is 20.5 Å². The maximum Gasteiger partial charge on any atom is 0.171 e. The average Bonchev–Trinajstić information content (AvgIpc) is 2.87. The molecule has 5 heteroatoms. The van der Waals surface area contributed by atoms with Crippen LogP contribution in [0.25, 0.3) is 0 Å². The highest BCUT2D eigenvalue weighted by Gasteiger charge is 2.47. The van der Waals surface area contributed by atoms with E-state index in [1.54, 1.807) is 13.2 Å². The van der Waals surface area contributed by atoms with Crippen molar-refractivity contribution in [3.8, 4) is 11.5 Å². The van der Waals surface area contributed by atoms with Crippen LogP contribution in [0, 0.1) is 11.7 Å². The van der Waals surface area contributed by atoms with Crippen molar-refractivity contribution in [2.24, 2.45) is 5.92 Å². The second-order valence-corrected chi connectivity index (χ2v) is 5.72. The summed E-state index contributed by atoms with van der Waals surface area (Å²) in [5.74, 6) is 0.260. The Morgan fingerprint density at radius 3 is 2.81 bits per heavy atom. The van der Waals surface area contributed by atoms with Gasteiger partial charge in [-0.25, -0.2) is 4.39 Å². The predicted molar refractivity (Wildman–Crippen MR) is 74.0 cm³/mol. The average molecular weight is 294 g/mol. The SMILES string of the molecule is COc1cc(OC)c2c(c1F)C1(CCCC(C=O)C1)OC2. The molecule has 0 saturated heterocycles. The second kappa shape index (κ2) is 5.30. The van der Waals surface area contributed by atoms with Crippen LogP contribution >= 0.6 is 0 Å². The lowest BCUT2D eigenvalue weighted by Crippen LogP contribution is -2.34. The van der Waals surface area contributed by atoms with Gasteiger partial charge in [-0.3, -0.25) is 0 Å². The lowest BCUT2D eigenvalue weighted by atomic mass is 9.74. The molecule has 2 unspecified atom stereocenters. The molecule has 21 heavy (non-hydrogen) atoms. The lowest BCUT2D eigenvalue weighted by Gasteiger charge is -2.36. The molecular weight excluding hydrogens is 275 g/mol. The van der Waals surface area contributed by atoms with E-state index in [2.05, 4.69) is 0 Å². The van der Waals surface area contributed by atoms with Gasteiger partial charge >= 0.3 is 0 Å². The van der Waals surface area contributed by atoms with Gasteiger partial charge in [0.1, 0.15) is 12.0 Å². The molecule has 1 aromatic carbocycles. The van der Waals surface area contributed by atoms with Gasteiger partial charge in [0.15, 0.2) is 11.6 Å². The third-order valence-electron chi connectivity index (χ3n) is 4.63. The fourth-order valence-corrected chi connectivity index (χ4v) is 3.63. The highest BCUT2D eigenvalue weighted by atomic mass is 19.1. The molecule has 1 saturated carbocycles. The fraction of sp³-hybridized carbons (Fsp3) is 0.562. The van der Waals surface area contributed by atoms with Crippen molar-refractivity contribution in [1.82, 2.24) is 0 Å². The zero-order valence-electron chi connectivity index (χ0n) is 12.3. The molecule has 4 nitrogen and oxygen atoms in total. The Morgan fingerprint density at radius 2 is 2.14 bits per heavy atom. The summed E-state index contributed by atoms with van der Waals surface area (Å²) in [5, 5.41) is 0. The molecule has 0 bridgehead atoms. The van der Waals surface area contributed by atoms with Crippen molar-refractivity contribution in [2.75, 3.05) is 14.2 Å². The second-order valence-electron chi connectivity index (χ2n) is 5.72. The van der Waals surface area contributed by atoms with Gasteiger partial charge in [0.25, 0.3) is 0 Å². The first-order valence-corrected chi connectivity index (χ1v) is 7.18. The molecule has 0 radical (unpaired) electrons. The summed E-state index contributed by atoms with van der Waals surface area (Å²) in [6, 6.07) is 1.55. The monoisotopic (exact) mass is 294 g/mol. The van der Waals surface area contributed by atoms with Crippen LogP contribution in [0.2, 0.25) is 0 Å². The van der Waals surface area contributed by atoms with Gasteiger partial charge in [-0.15, -0.1) is 0 Å². The van der Waals surface area contributed by atoms with E-state index in [0.717, 1.165) is 31.1 Å². The normalized spacial score (nSPS) is 27.5. The minimum atomic E-state index is -0.717. The zero-order chi connectivity index (χ0) is 15.0. The van der Waals surface area contributed by atoms with Crippen LogP contribution in [0.3, 0.4) is 0 Å². The number of fused-ring (bicyclic) bond motifs is 2. The molecule has 1 aliphatic carbocycles. The standard InChI is InChI=1S/C16H19FO4/c1-19-12-6-13(20-2)15(17)14-11(12)9-21-16(14)5-3-4-10(7-16)8-18/h6,8,10H,3-5,7,9H2,1-2H3. The van der Waals surface area contributed by atoms with Crippen LogP contribution in [-0.2, 0) is 21.7 Å². The Bertz CT molecular complexity index is 572. The molecule has 1 heterocycles. The predicted octanol–water partition coefficient (Wildman–Crippen LogP) is 2.96. The first kappa shape index (κ1) is 14.3. The number of rotatable bonds is 3. The van der Waals surface area contributed by atoms with Crippen LogP contribution in [0.15, 0.2) is 6.07 Å². The molecule has 1 spiro atoms. The number of halogens is 1. The molecule has 0 amide bonds. The lowest BCUT2D eigenvalue weighted by molar-refractivity contribution is -0.120. The van der Waals surface area contributed by atoms with Crippen molar-refractivity contribution >= 4 is 6.29 Å². The van der Waals surface area contributed by atoms with E-state index in [0.29, 0.717) is 24.3 Å². The summed E-state index contributed by atoms with van der Waals surface area (Å²) >= 11 is 0. The summed E-state index contributed by atoms with van der Waals surface area (Å²) in [6.07, 6.45) is 3.89. The molecular formula is C16H19FO4. The van der Waals surface area contributed by atoms with Gasteiger partial charge in [-0.2, -0.15) is 0 Å². The van der Waals surface area contributed by atoms with Crippen molar-refractivity contribution in [3.63, 3.8) is 0 Å². The number of aldehydes is 1. The Labute approximate surface area is 123 Å². The van der Waals surface area contributed by atoms with E-state index in [1.807, 2.05) is 0 Å². The third kappa shape index (κ3) is 2.11. The van der Waals surface area contributed by atoms with E-state index < -0.39 is 11.4 Å². The van der Waals surface area contributed by atoms with Crippen molar-refractivity contribution in [2.45, 2.75) is 37.9 Å². The summed E-state index contributed by atoms with van der Waals surface area (Å²) in [4.78, 5) is 11.1. The molecule has 1 fully saturated rings. The maximum absolute atomic E-state index is 14.8. The molecule has 3 rings (SSSR count). The summed E-state index contributed by atoms with van der Waals surface area (Å²) in [5.41, 5.74) is 0.540. The first-order valence-electron chi connectivity index (χ1n) is 7.18. The Hall–Kier alpha value is -1.62. The smallest absolute Gasteiger partial charge is 0.171 e. The van der Waals surface area contributed by atoms with Crippen molar-refractivity contribution in [3.05, 3.63) is 23.0 Å². The Balaban J connectivity index is 2.14.